The standard InChI is InChI=1S/C17H23N3O2S2/c1-11(14(21)18-10-12-6-4-3-5-7-12)24-17-19-15-13(8-9-23-15)16(22)20(17)2/h8-9,11-12H,3-7,10H2,1-2H3,(H,18,21). The second-order valence-electron chi connectivity index (χ2n) is 6.41. The van der Waals surface area contributed by atoms with E-state index >= 15 is 0 Å². The van der Waals surface area contributed by atoms with E-state index in [2.05, 4.69) is 10.3 Å². The van der Waals surface area contributed by atoms with Crippen molar-refractivity contribution in [2.45, 2.75) is 49.4 Å². The number of thioether (sulfide) groups is 1. The highest BCUT2D eigenvalue weighted by Gasteiger charge is 2.20. The molecular weight excluding hydrogens is 342 g/mol. The Morgan fingerprint density at radius 2 is 2.21 bits per heavy atom. The maximum absolute atomic E-state index is 12.4. The molecule has 0 aliphatic heterocycles. The SMILES string of the molecule is CC(Sc1nc2sccc2c(=O)n1C)C(=O)NCC1CCCCC1. The van der Waals surface area contributed by atoms with Gasteiger partial charge in [0.25, 0.3) is 5.56 Å². The highest BCUT2D eigenvalue weighted by Crippen LogP contribution is 2.25. The Morgan fingerprint density at radius 1 is 1.46 bits per heavy atom. The van der Waals surface area contributed by atoms with Gasteiger partial charge in [0.15, 0.2) is 5.16 Å². The van der Waals surface area contributed by atoms with Gasteiger partial charge in [-0.05, 0) is 37.1 Å². The predicted octanol–water partition coefficient (Wildman–Crippen LogP) is 3.17. The van der Waals surface area contributed by atoms with Gasteiger partial charge in [0.05, 0.1) is 10.6 Å². The van der Waals surface area contributed by atoms with Crippen LogP contribution in [0, 0.1) is 5.92 Å². The van der Waals surface area contributed by atoms with Gasteiger partial charge in [0.1, 0.15) is 4.83 Å². The molecule has 1 N–H and O–H groups in total. The molecule has 130 valence electrons. The molecule has 1 aliphatic rings. The van der Waals surface area contributed by atoms with Gasteiger partial charge in [-0.2, -0.15) is 0 Å². The van der Waals surface area contributed by atoms with Crippen LogP contribution >= 0.6 is 23.1 Å². The van der Waals surface area contributed by atoms with Crippen LogP contribution in [0.5, 0.6) is 0 Å². The lowest BCUT2D eigenvalue weighted by Crippen LogP contribution is -2.35. The summed E-state index contributed by atoms with van der Waals surface area (Å²) >= 11 is 2.79. The van der Waals surface area contributed by atoms with Gasteiger partial charge in [0.2, 0.25) is 5.91 Å². The number of nitrogens with one attached hydrogen (secondary N) is 1. The van der Waals surface area contributed by atoms with E-state index in [-0.39, 0.29) is 16.7 Å². The molecule has 3 rings (SSSR count). The third-order valence-electron chi connectivity index (χ3n) is 4.61. The summed E-state index contributed by atoms with van der Waals surface area (Å²) in [6, 6.07) is 1.80. The number of amides is 1. The number of hydrogen-bond donors (Lipinski definition) is 1. The molecule has 1 fully saturated rings. The summed E-state index contributed by atoms with van der Waals surface area (Å²) in [7, 11) is 1.71. The van der Waals surface area contributed by atoms with Gasteiger partial charge < -0.3 is 5.32 Å². The van der Waals surface area contributed by atoms with Crippen LogP contribution in [0.4, 0.5) is 0 Å². The summed E-state index contributed by atoms with van der Waals surface area (Å²) in [6.07, 6.45) is 6.30. The Hall–Kier alpha value is -1.34. The van der Waals surface area contributed by atoms with Crippen LogP contribution in [0.3, 0.4) is 0 Å². The summed E-state index contributed by atoms with van der Waals surface area (Å²) in [5.74, 6) is 0.635. The van der Waals surface area contributed by atoms with Crippen molar-refractivity contribution in [1.82, 2.24) is 14.9 Å². The molecule has 2 heterocycles. The predicted molar refractivity (Wildman–Crippen MR) is 99.8 cm³/mol. The summed E-state index contributed by atoms with van der Waals surface area (Å²) in [5.41, 5.74) is -0.0569. The lowest BCUT2D eigenvalue weighted by Gasteiger charge is -2.22. The van der Waals surface area contributed by atoms with Gasteiger partial charge in [-0.25, -0.2) is 4.98 Å². The molecule has 0 spiro atoms. The number of thiophene rings is 1. The third kappa shape index (κ3) is 3.83. The van der Waals surface area contributed by atoms with Gasteiger partial charge in [0, 0.05) is 13.6 Å². The molecule has 5 nitrogen and oxygen atoms in total. The van der Waals surface area contributed by atoms with Crippen LogP contribution < -0.4 is 10.9 Å². The fourth-order valence-electron chi connectivity index (χ4n) is 3.08. The summed E-state index contributed by atoms with van der Waals surface area (Å²) in [6.45, 7) is 2.63. The van der Waals surface area contributed by atoms with Crippen LogP contribution in [0.25, 0.3) is 10.2 Å². The van der Waals surface area contributed by atoms with Gasteiger partial charge in [-0.15, -0.1) is 11.3 Å². The van der Waals surface area contributed by atoms with E-state index in [1.54, 1.807) is 13.1 Å². The first-order valence-electron chi connectivity index (χ1n) is 8.45. The van der Waals surface area contributed by atoms with Crippen molar-refractivity contribution in [3.63, 3.8) is 0 Å². The minimum atomic E-state index is -0.274. The van der Waals surface area contributed by atoms with Crippen molar-refractivity contribution < 1.29 is 4.79 Å². The molecule has 2 aromatic heterocycles. The zero-order valence-electron chi connectivity index (χ0n) is 14.1. The maximum atomic E-state index is 12.4. The Morgan fingerprint density at radius 3 is 2.96 bits per heavy atom. The molecule has 1 aliphatic carbocycles. The molecule has 0 saturated heterocycles. The summed E-state index contributed by atoms with van der Waals surface area (Å²) < 4.78 is 1.53. The molecule has 1 unspecified atom stereocenters. The molecule has 1 atom stereocenters. The number of rotatable bonds is 5. The average Bonchev–Trinajstić information content (AvgIpc) is 3.06. The number of carbonyl (C=O) groups excluding carboxylic acids is 1. The van der Waals surface area contributed by atoms with E-state index in [4.69, 9.17) is 0 Å². The van der Waals surface area contributed by atoms with E-state index in [1.807, 2.05) is 12.3 Å². The minimum Gasteiger partial charge on any atom is -0.355 e. The minimum absolute atomic E-state index is 0.0195. The van der Waals surface area contributed by atoms with E-state index in [9.17, 15) is 9.59 Å². The van der Waals surface area contributed by atoms with E-state index < -0.39 is 0 Å². The number of aromatic nitrogens is 2. The highest BCUT2D eigenvalue weighted by atomic mass is 32.2. The smallest absolute Gasteiger partial charge is 0.262 e. The number of hydrogen-bond acceptors (Lipinski definition) is 5. The third-order valence-corrected chi connectivity index (χ3v) is 6.56. The second-order valence-corrected chi connectivity index (χ2v) is 8.61. The van der Waals surface area contributed by atoms with E-state index in [0.717, 1.165) is 11.4 Å². The molecule has 0 bridgehead atoms. The fourth-order valence-corrected chi connectivity index (χ4v) is 4.78. The van der Waals surface area contributed by atoms with Crippen molar-refractivity contribution in [1.29, 1.82) is 0 Å². The number of carbonyl (C=O) groups is 1. The molecule has 2 aromatic rings. The largest absolute Gasteiger partial charge is 0.355 e. The maximum Gasteiger partial charge on any atom is 0.262 e. The topological polar surface area (TPSA) is 64.0 Å². The Kier molecular flexibility index (Phi) is 5.61. The summed E-state index contributed by atoms with van der Waals surface area (Å²) in [4.78, 5) is 29.9. The monoisotopic (exact) mass is 365 g/mol. The van der Waals surface area contributed by atoms with Crippen LogP contribution in [-0.2, 0) is 11.8 Å². The number of fused-ring (bicyclic) bond motifs is 1. The van der Waals surface area contributed by atoms with Crippen molar-refractivity contribution in [2.24, 2.45) is 13.0 Å². The zero-order valence-corrected chi connectivity index (χ0v) is 15.7. The lowest BCUT2D eigenvalue weighted by atomic mass is 9.89. The molecule has 1 amide bonds. The quantitative estimate of drug-likeness (QED) is 0.653. The molecular formula is C17H23N3O2S2. The van der Waals surface area contributed by atoms with Crippen LogP contribution in [-0.4, -0.2) is 27.3 Å². The number of nitrogens with zero attached hydrogens (tertiary/aromatic N) is 2. The zero-order chi connectivity index (χ0) is 17.1. The highest BCUT2D eigenvalue weighted by molar-refractivity contribution is 8.00. The average molecular weight is 366 g/mol. The Balaban J connectivity index is 1.63. The fraction of sp³-hybridized carbons (Fsp3) is 0.588. The lowest BCUT2D eigenvalue weighted by molar-refractivity contribution is -0.120. The molecule has 1 saturated carbocycles. The molecule has 24 heavy (non-hydrogen) atoms. The normalized spacial score (nSPS) is 17.1. The van der Waals surface area contributed by atoms with Gasteiger partial charge >= 0.3 is 0 Å². The van der Waals surface area contributed by atoms with Crippen molar-refractivity contribution in [3.05, 3.63) is 21.8 Å². The van der Waals surface area contributed by atoms with Crippen LogP contribution in [0.15, 0.2) is 21.4 Å². The second kappa shape index (κ2) is 7.70. The van der Waals surface area contributed by atoms with Gasteiger partial charge in [-0.1, -0.05) is 31.0 Å². The van der Waals surface area contributed by atoms with E-state index in [0.29, 0.717) is 16.5 Å². The van der Waals surface area contributed by atoms with Crippen molar-refractivity contribution in [3.8, 4) is 0 Å². The first-order valence-corrected chi connectivity index (χ1v) is 10.2. The summed E-state index contributed by atoms with van der Waals surface area (Å²) in [5, 5.41) is 5.89. The molecule has 0 radical (unpaired) electrons. The van der Waals surface area contributed by atoms with Crippen molar-refractivity contribution >= 4 is 39.2 Å². The van der Waals surface area contributed by atoms with Crippen LogP contribution in [0.1, 0.15) is 39.0 Å². The first-order chi connectivity index (χ1) is 11.6. The van der Waals surface area contributed by atoms with Gasteiger partial charge in [-0.3, -0.25) is 14.2 Å². The Labute approximate surface area is 149 Å². The molecule has 7 heteroatoms. The van der Waals surface area contributed by atoms with Crippen LogP contribution in [0.2, 0.25) is 0 Å². The first kappa shape index (κ1) is 17.5. The molecule has 0 aromatic carbocycles. The van der Waals surface area contributed by atoms with E-state index in [1.165, 1.54) is 59.8 Å². The van der Waals surface area contributed by atoms with Crippen molar-refractivity contribution in [2.75, 3.05) is 6.54 Å². The Bertz CT molecular complexity index is 778.